The molecule has 0 aliphatic carbocycles. The largest absolute Gasteiger partial charge is 0.394 e. The molecule has 0 saturated heterocycles. The number of aryl methyl sites for hydroxylation is 1. The predicted molar refractivity (Wildman–Crippen MR) is 83.4 cm³/mol. The lowest BCUT2D eigenvalue weighted by atomic mass is 9.92. The van der Waals surface area contributed by atoms with Gasteiger partial charge in [0.1, 0.15) is 0 Å². The summed E-state index contributed by atoms with van der Waals surface area (Å²) in [5.74, 6) is 0. The summed E-state index contributed by atoms with van der Waals surface area (Å²) in [4.78, 5) is 0. The van der Waals surface area contributed by atoms with Crippen molar-refractivity contribution in [3.63, 3.8) is 0 Å². The summed E-state index contributed by atoms with van der Waals surface area (Å²) in [6, 6.07) is 16.2. The zero-order chi connectivity index (χ0) is 13.9. The van der Waals surface area contributed by atoms with E-state index < -0.39 is 5.54 Å². The number of aliphatic hydroxyl groups excluding tert-OH is 1. The molecule has 2 rings (SSSR count). The normalized spacial score (nSPS) is 13.9. The van der Waals surface area contributed by atoms with Gasteiger partial charge in [-0.3, -0.25) is 0 Å². The molecule has 0 bridgehead atoms. The molecule has 2 nitrogen and oxygen atoms in total. The first-order valence-corrected chi connectivity index (χ1v) is 7.04. The molecule has 0 aromatic heterocycles. The maximum Gasteiger partial charge on any atom is 0.0828 e. The van der Waals surface area contributed by atoms with Crippen LogP contribution in [0.2, 0.25) is 0 Å². The number of halogens is 1. The van der Waals surface area contributed by atoms with E-state index in [0.717, 1.165) is 15.7 Å². The highest BCUT2D eigenvalue weighted by molar-refractivity contribution is 9.10. The van der Waals surface area contributed by atoms with Gasteiger partial charge >= 0.3 is 0 Å². The fourth-order valence-corrected chi connectivity index (χ4v) is 2.24. The van der Waals surface area contributed by atoms with E-state index in [4.69, 9.17) is 0 Å². The molecule has 3 heteroatoms. The third kappa shape index (κ3) is 3.37. The van der Waals surface area contributed by atoms with Gasteiger partial charge in [0, 0.05) is 10.2 Å². The molecular formula is C16H18BrNO. The van der Waals surface area contributed by atoms with Gasteiger partial charge in [-0.25, -0.2) is 0 Å². The standard InChI is InChI=1S/C16H18BrNO/c1-12-3-9-15(10-4-12)18-16(2,11-19)13-5-7-14(17)8-6-13/h3-10,18-19H,11H2,1-2H3. The molecule has 19 heavy (non-hydrogen) atoms. The average Bonchev–Trinajstić information content (AvgIpc) is 2.42. The molecule has 2 aromatic carbocycles. The maximum absolute atomic E-state index is 9.75. The third-order valence-electron chi connectivity index (χ3n) is 3.27. The molecule has 100 valence electrons. The highest BCUT2D eigenvalue weighted by atomic mass is 79.9. The summed E-state index contributed by atoms with van der Waals surface area (Å²) >= 11 is 3.43. The second-order valence-corrected chi connectivity index (χ2v) is 5.90. The quantitative estimate of drug-likeness (QED) is 0.890. The first kappa shape index (κ1) is 14.1. The number of hydrogen-bond donors (Lipinski definition) is 2. The smallest absolute Gasteiger partial charge is 0.0828 e. The van der Waals surface area contributed by atoms with E-state index in [0.29, 0.717) is 0 Å². The minimum Gasteiger partial charge on any atom is -0.394 e. The van der Waals surface area contributed by atoms with Crippen LogP contribution in [0, 0.1) is 6.92 Å². The molecule has 0 saturated carbocycles. The van der Waals surface area contributed by atoms with Crippen LogP contribution in [-0.2, 0) is 5.54 Å². The number of aliphatic hydroxyl groups is 1. The van der Waals surface area contributed by atoms with Crippen LogP contribution in [0.4, 0.5) is 5.69 Å². The predicted octanol–water partition coefficient (Wildman–Crippen LogP) is 4.08. The Bertz CT molecular complexity index is 536. The second kappa shape index (κ2) is 5.76. The lowest BCUT2D eigenvalue weighted by Gasteiger charge is -2.30. The average molecular weight is 320 g/mol. The van der Waals surface area contributed by atoms with Gasteiger partial charge in [-0.15, -0.1) is 0 Å². The van der Waals surface area contributed by atoms with E-state index in [2.05, 4.69) is 40.3 Å². The van der Waals surface area contributed by atoms with Crippen LogP contribution in [0.5, 0.6) is 0 Å². The highest BCUT2D eigenvalue weighted by Crippen LogP contribution is 2.27. The lowest BCUT2D eigenvalue weighted by Crippen LogP contribution is -2.35. The Balaban J connectivity index is 2.27. The fourth-order valence-electron chi connectivity index (χ4n) is 1.98. The van der Waals surface area contributed by atoms with Crippen molar-refractivity contribution in [2.24, 2.45) is 0 Å². The SMILES string of the molecule is Cc1ccc(NC(C)(CO)c2ccc(Br)cc2)cc1. The van der Waals surface area contributed by atoms with Crippen molar-refractivity contribution in [2.45, 2.75) is 19.4 Å². The van der Waals surface area contributed by atoms with Crippen LogP contribution in [0.15, 0.2) is 53.0 Å². The van der Waals surface area contributed by atoms with Crippen molar-refractivity contribution in [2.75, 3.05) is 11.9 Å². The number of rotatable bonds is 4. The Morgan fingerprint density at radius 2 is 1.63 bits per heavy atom. The summed E-state index contributed by atoms with van der Waals surface area (Å²) in [7, 11) is 0. The van der Waals surface area contributed by atoms with Crippen LogP contribution < -0.4 is 5.32 Å². The van der Waals surface area contributed by atoms with Crippen LogP contribution in [0.3, 0.4) is 0 Å². The third-order valence-corrected chi connectivity index (χ3v) is 3.80. The van der Waals surface area contributed by atoms with E-state index in [1.165, 1.54) is 5.56 Å². The molecule has 1 unspecified atom stereocenters. The van der Waals surface area contributed by atoms with Crippen LogP contribution >= 0.6 is 15.9 Å². The molecule has 0 aliphatic rings. The topological polar surface area (TPSA) is 32.3 Å². The van der Waals surface area contributed by atoms with Crippen LogP contribution in [0.1, 0.15) is 18.1 Å². The number of nitrogens with one attached hydrogen (secondary N) is 1. The van der Waals surface area contributed by atoms with Crippen molar-refractivity contribution in [1.29, 1.82) is 0 Å². The summed E-state index contributed by atoms with van der Waals surface area (Å²) in [5.41, 5.74) is 2.79. The number of hydrogen-bond acceptors (Lipinski definition) is 2. The molecule has 2 aromatic rings. The van der Waals surface area contributed by atoms with E-state index in [-0.39, 0.29) is 6.61 Å². The second-order valence-electron chi connectivity index (χ2n) is 4.99. The van der Waals surface area contributed by atoms with Crippen molar-refractivity contribution in [1.82, 2.24) is 0 Å². The summed E-state index contributed by atoms with van der Waals surface area (Å²) in [6.45, 7) is 4.09. The van der Waals surface area contributed by atoms with Crippen LogP contribution in [0.25, 0.3) is 0 Å². The molecule has 0 amide bonds. The van der Waals surface area contributed by atoms with E-state index in [1.807, 2.05) is 43.3 Å². The zero-order valence-corrected chi connectivity index (χ0v) is 12.7. The summed E-state index contributed by atoms with van der Waals surface area (Å²) in [6.07, 6.45) is 0. The molecule has 0 fully saturated rings. The Kier molecular flexibility index (Phi) is 4.27. The Morgan fingerprint density at radius 1 is 1.05 bits per heavy atom. The van der Waals surface area contributed by atoms with Gasteiger partial charge in [-0.2, -0.15) is 0 Å². The molecule has 0 spiro atoms. The Morgan fingerprint density at radius 3 is 2.16 bits per heavy atom. The van der Waals surface area contributed by atoms with Crippen molar-refractivity contribution in [3.05, 3.63) is 64.1 Å². The molecular weight excluding hydrogens is 302 g/mol. The lowest BCUT2D eigenvalue weighted by molar-refractivity contribution is 0.224. The molecule has 0 heterocycles. The highest BCUT2D eigenvalue weighted by Gasteiger charge is 2.25. The van der Waals surface area contributed by atoms with Gasteiger partial charge in [-0.05, 0) is 43.7 Å². The Hall–Kier alpha value is -1.32. The first-order chi connectivity index (χ1) is 9.03. The van der Waals surface area contributed by atoms with Gasteiger partial charge in [0.25, 0.3) is 0 Å². The minimum atomic E-state index is -0.490. The fraction of sp³-hybridized carbons (Fsp3) is 0.250. The summed E-state index contributed by atoms with van der Waals surface area (Å²) in [5, 5.41) is 13.2. The molecule has 0 aliphatic heterocycles. The van der Waals surface area contributed by atoms with Crippen molar-refractivity contribution in [3.8, 4) is 0 Å². The van der Waals surface area contributed by atoms with Gasteiger partial charge in [-0.1, -0.05) is 45.8 Å². The Labute approximate surface area is 122 Å². The van der Waals surface area contributed by atoms with E-state index in [1.54, 1.807) is 0 Å². The minimum absolute atomic E-state index is 0.0303. The van der Waals surface area contributed by atoms with Gasteiger partial charge < -0.3 is 10.4 Å². The van der Waals surface area contributed by atoms with E-state index in [9.17, 15) is 5.11 Å². The molecule has 2 N–H and O–H groups in total. The van der Waals surface area contributed by atoms with Gasteiger partial charge in [0.05, 0.1) is 12.1 Å². The van der Waals surface area contributed by atoms with Crippen molar-refractivity contribution >= 4 is 21.6 Å². The first-order valence-electron chi connectivity index (χ1n) is 6.25. The maximum atomic E-state index is 9.75. The van der Waals surface area contributed by atoms with Gasteiger partial charge in [0.2, 0.25) is 0 Å². The van der Waals surface area contributed by atoms with Crippen molar-refractivity contribution < 1.29 is 5.11 Å². The number of anilines is 1. The zero-order valence-electron chi connectivity index (χ0n) is 11.2. The summed E-state index contributed by atoms with van der Waals surface area (Å²) < 4.78 is 1.03. The van der Waals surface area contributed by atoms with E-state index >= 15 is 0 Å². The molecule has 1 atom stereocenters. The molecule has 0 radical (unpaired) electrons. The van der Waals surface area contributed by atoms with Crippen LogP contribution in [-0.4, -0.2) is 11.7 Å². The van der Waals surface area contributed by atoms with Gasteiger partial charge in [0.15, 0.2) is 0 Å². The number of benzene rings is 2. The monoisotopic (exact) mass is 319 g/mol.